The summed E-state index contributed by atoms with van der Waals surface area (Å²) in [5.41, 5.74) is 3.05. The van der Waals surface area contributed by atoms with Gasteiger partial charge in [0.15, 0.2) is 0 Å². The molecule has 2 fully saturated rings. The molecule has 3 heterocycles. The van der Waals surface area contributed by atoms with Gasteiger partial charge in [0.2, 0.25) is 5.91 Å². The first-order valence-corrected chi connectivity index (χ1v) is 9.22. The number of aryl methyl sites for hydroxylation is 2. The highest BCUT2D eigenvalue weighted by Crippen LogP contribution is 2.29. The van der Waals surface area contributed by atoms with Gasteiger partial charge >= 0.3 is 0 Å². The second kappa shape index (κ2) is 6.71. The van der Waals surface area contributed by atoms with Crippen molar-refractivity contribution in [1.82, 2.24) is 24.5 Å². The maximum atomic E-state index is 12.9. The lowest BCUT2D eigenvalue weighted by Gasteiger charge is -2.43. The molecular formula is C18H25N5O2. The summed E-state index contributed by atoms with van der Waals surface area (Å²) in [5, 5.41) is 4.22. The van der Waals surface area contributed by atoms with Gasteiger partial charge in [0.25, 0.3) is 5.78 Å². The molecule has 134 valence electrons. The predicted molar refractivity (Wildman–Crippen MR) is 92.3 cm³/mol. The van der Waals surface area contributed by atoms with Crippen LogP contribution < -0.4 is 0 Å². The Morgan fingerprint density at radius 1 is 1.32 bits per heavy atom. The predicted octanol–water partition coefficient (Wildman–Crippen LogP) is 1.84. The lowest BCUT2D eigenvalue weighted by atomic mass is 9.90. The van der Waals surface area contributed by atoms with E-state index in [0.717, 1.165) is 36.3 Å². The highest BCUT2D eigenvalue weighted by molar-refractivity contribution is 5.77. The van der Waals surface area contributed by atoms with E-state index in [0.29, 0.717) is 25.2 Å². The van der Waals surface area contributed by atoms with Gasteiger partial charge in [-0.1, -0.05) is 12.8 Å². The molecule has 7 heteroatoms. The van der Waals surface area contributed by atoms with Crippen LogP contribution in [0.5, 0.6) is 0 Å². The number of fused-ring (bicyclic) bond motifs is 2. The van der Waals surface area contributed by atoms with Crippen LogP contribution in [0.15, 0.2) is 6.33 Å². The number of hydrogen-bond donors (Lipinski definition) is 0. The summed E-state index contributed by atoms with van der Waals surface area (Å²) >= 11 is 0. The molecule has 1 saturated carbocycles. The molecule has 0 aromatic carbocycles. The Balaban J connectivity index is 1.48. The first kappa shape index (κ1) is 16.4. The highest BCUT2D eigenvalue weighted by atomic mass is 16.5. The Bertz CT molecular complexity index is 785. The van der Waals surface area contributed by atoms with Crippen molar-refractivity contribution in [3.63, 3.8) is 0 Å². The number of morpholine rings is 1. The molecule has 0 bridgehead atoms. The van der Waals surface area contributed by atoms with Gasteiger partial charge in [0.05, 0.1) is 18.8 Å². The van der Waals surface area contributed by atoms with Crippen LogP contribution in [0.1, 0.15) is 49.1 Å². The van der Waals surface area contributed by atoms with E-state index in [1.54, 1.807) is 4.52 Å². The molecule has 2 atom stereocenters. The van der Waals surface area contributed by atoms with Gasteiger partial charge < -0.3 is 9.64 Å². The minimum absolute atomic E-state index is 0.234. The third kappa shape index (κ3) is 3.01. The third-order valence-electron chi connectivity index (χ3n) is 5.63. The van der Waals surface area contributed by atoms with Crippen molar-refractivity contribution in [2.24, 2.45) is 0 Å². The zero-order chi connectivity index (χ0) is 17.4. The van der Waals surface area contributed by atoms with Gasteiger partial charge in [-0.3, -0.25) is 4.79 Å². The first-order valence-electron chi connectivity index (χ1n) is 9.22. The van der Waals surface area contributed by atoms with Crippen molar-refractivity contribution in [2.45, 2.75) is 64.5 Å². The van der Waals surface area contributed by atoms with Gasteiger partial charge in [-0.05, 0) is 38.7 Å². The molecule has 1 aliphatic carbocycles. The van der Waals surface area contributed by atoms with Gasteiger partial charge in [-0.25, -0.2) is 9.50 Å². The summed E-state index contributed by atoms with van der Waals surface area (Å²) < 4.78 is 7.63. The van der Waals surface area contributed by atoms with E-state index < -0.39 is 0 Å². The molecule has 25 heavy (non-hydrogen) atoms. The number of carbonyl (C=O) groups excluding carboxylic acids is 1. The van der Waals surface area contributed by atoms with E-state index in [4.69, 9.17) is 4.74 Å². The normalized spacial score (nSPS) is 23.7. The summed E-state index contributed by atoms with van der Waals surface area (Å²) in [6.45, 7) is 5.38. The molecule has 1 aliphatic heterocycles. The quantitative estimate of drug-likeness (QED) is 0.850. The van der Waals surface area contributed by atoms with Crippen molar-refractivity contribution < 1.29 is 9.53 Å². The molecule has 2 aromatic heterocycles. The lowest BCUT2D eigenvalue weighted by Crippen LogP contribution is -2.54. The number of rotatable bonds is 3. The minimum atomic E-state index is 0.234. The SMILES string of the molecule is Cc1nc2ncnn2c(C)c1CCC(=O)N1CCO[C@H]2CCCC[C@@H]21. The Labute approximate surface area is 147 Å². The lowest BCUT2D eigenvalue weighted by molar-refractivity contribution is -0.149. The standard InChI is InChI=1S/C18H25N5O2/c1-12-14(13(2)23-18(21-12)19-11-20-23)7-8-17(24)22-9-10-25-16-6-4-3-5-15(16)22/h11,15-16H,3-10H2,1-2H3/t15-,16-/m0/s1. The smallest absolute Gasteiger partial charge is 0.252 e. The van der Waals surface area contributed by atoms with E-state index in [1.807, 2.05) is 13.8 Å². The molecule has 7 nitrogen and oxygen atoms in total. The number of hydrogen-bond acceptors (Lipinski definition) is 5. The molecule has 0 unspecified atom stereocenters. The third-order valence-corrected chi connectivity index (χ3v) is 5.63. The highest BCUT2D eigenvalue weighted by Gasteiger charge is 2.36. The van der Waals surface area contributed by atoms with Crippen molar-refractivity contribution in [2.75, 3.05) is 13.2 Å². The number of amides is 1. The van der Waals surface area contributed by atoms with Crippen LogP contribution in [0.25, 0.3) is 5.78 Å². The zero-order valence-electron chi connectivity index (χ0n) is 14.9. The van der Waals surface area contributed by atoms with E-state index in [2.05, 4.69) is 20.0 Å². The second-order valence-corrected chi connectivity index (χ2v) is 7.08. The topological polar surface area (TPSA) is 72.6 Å². The number of carbonyl (C=O) groups is 1. The molecule has 2 aliphatic rings. The largest absolute Gasteiger partial charge is 0.374 e. The van der Waals surface area contributed by atoms with Crippen molar-refractivity contribution in [1.29, 1.82) is 0 Å². The second-order valence-electron chi connectivity index (χ2n) is 7.08. The fourth-order valence-electron chi connectivity index (χ4n) is 4.30. The summed E-state index contributed by atoms with van der Waals surface area (Å²) in [6.07, 6.45) is 7.51. The maximum absolute atomic E-state index is 12.9. The average molecular weight is 343 g/mol. The van der Waals surface area contributed by atoms with E-state index >= 15 is 0 Å². The summed E-state index contributed by atoms with van der Waals surface area (Å²) in [4.78, 5) is 23.6. The maximum Gasteiger partial charge on any atom is 0.252 e. The molecule has 4 rings (SSSR count). The van der Waals surface area contributed by atoms with E-state index in [-0.39, 0.29) is 18.1 Å². The van der Waals surface area contributed by atoms with Crippen LogP contribution in [0.2, 0.25) is 0 Å². The molecule has 0 radical (unpaired) electrons. The van der Waals surface area contributed by atoms with Gasteiger partial charge in [0.1, 0.15) is 6.33 Å². The molecule has 1 saturated heterocycles. The minimum Gasteiger partial charge on any atom is -0.374 e. The molecular weight excluding hydrogens is 318 g/mol. The van der Waals surface area contributed by atoms with E-state index in [9.17, 15) is 4.79 Å². The number of ether oxygens (including phenoxy) is 1. The number of nitrogens with zero attached hydrogens (tertiary/aromatic N) is 5. The molecule has 1 amide bonds. The first-order chi connectivity index (χ1) is 12.1. The Morgan fingerprint density at radius 2 is 2.16 bits per heavy atom. The molecule has 0 spiro atoms. The van der Waals surface area contributed by atoms with Crippen LogP contribution in [-0.4, -0.2) is 55.7 Å². The average Bonchev–Trinajstić information content (AvgIpc) is 3.09. The van der Waals surface area contributed by atoms with Crippen LogP contribution in [0.4, 0.5) is 0 Å². The van der Waals surface area contributed by atoms with Crippen molar-refractivity contribution in [3.05, 3.63) is 23.3 Å². The fraction of sp³-hybridized carbons (Fsp3) is 0.667. The fourth-order valence-corrected chi connectivity index (χ4v) is 4.30. The van der Waals surface area contributed by atoms with Crippen molar-refractivity contribution in [3.8, 4) is 0 Å². The van der Waals surface area contributed by atoms with Gasteiger partial charge in [-0.15, -0.1) is 0 Å². The van der Waals surface area contributed by atoms with Crippen LogP contribution >= 0.6 is 0 Å². The van der Waals surface area contributed by atoms with Crippen molar-refractivity contribution >= 4 is 11.7 Å². The Kier molecular flexibility index (Phi) is 4.41. The van der Waals surface area contributed by atoms with Gasteiger partial charge in [0, 0.05) is 24.4 Å². The number of aromatic nitrogens is 4. The summed E-state index contributed by atoms with van der Waals surface area (Å²) in [7, 11) is 0. The van der Waals surface area contributed by atoms with E-state index in [1.165, 1.54) is 19.2 Å². The summed E-state index contributed by atoms with van der Waals surface area (Å²) in [6, 6.07) is 0.271. The molecule has 0 N–H and O–H groups in total. The van der Waals surface area contributed by atoms with Crippen LogP contribution in [0, 0.1) is 13.8 Å². The Hall–Kier alpha value is -2.02. The zero-order valence-corrected chi connectivity index (χ0v) is 14.9. The molecule has 2 aromatic rings. The monoisotopic (exact) mass is 343 g/mol. The Morgan fingerprint density at radius 3 is 3.04 bits per heavy atom. The summed E-state index contributed by atoms with van der Waals surface area (Å²) in [5.74, 6) is 0.848. The van der Waals surface area contributed by atoms with Crippen LogP contribution in [0.3, 0.4) is 0 Å². The van der Waals surface area contributed by atoms with Crippen LogP contribution in [-0.2, 0) is 16.0 Å². The van der Waals surface area contributed by atoms with Gasteiger partial charge in [-0.2, -0.15) is 10.1 Å².